The fourth-order valence-electron chi connectivity index (χ4n) is 3.50. The van der Waals surface area contributed by atoms with Crippen LogP contribution in [0.3, 0.4) is 0 Å². The van der Waals surface area contributed by atoms with Crippen molar-refractivity contribution in [3.8, 4) is 0 Å². The number of amides is 2. The molecule has 0 atom stereocenters. The molecule has 1 aliphatic heterocycles. The lowest BCUT2D eigenvalue weighted by atomic mass is 10.1. The van der Waals surface area contributed by atoms with Gasteiger partial charge in [0.05, 0.1) is 10.8 Å². The van der Waals surface area contributed by atoms with Gasteiger partial charge in [-0.25, -0.2) is 4.98 Å². The third-order valence-corrected chi connectivity index (χ3v) is 6.58. The van der Waals surface area contributed by atoms with Crippen LogP contribution in [0.2, 0.25) is 0 Å². The normalized spacial score (nSPS) is 13.7. The summed E-state index contributed by atoms with van der Waals surface area (Å²) < 4.78 is 0.907. The fourth-order valence-corrected chi connectivity index (χ4v) is 4.56. The summed E-state index contributed by atoms with van der Waals surface area (Å²) in [6, 6.07) is 21.0. The number of nitrogens with one attached hydrogen (secondary N) is 1. The summed E-state index contributed by atoms with van der Waals surface area (Å²) in [6.07, 6.45) is 1.72. The van der Waals surface area contributed by atoms with E-state index in [0.29, 0.717) is 24.4 Å². The van der Waals surface area contributed by atoms with E-state index in [0.717, 1.165) is 34.0 Å². The van der Waals surface area contributed by atoms with Crippen LogP contribution in [0.15, 0.2) is 82.4 Å². The number of piperazine rings is 1. The summed E-state index contributed by atoms with van der Waals surface area (Å²) in [6.45, 7) is 2.89. The molecule has 0 bridgehead atoms. The lowest BCUT2D eigenvalue weighted by Crippen LogP contribution is -2.48. The number of hydrogen-bond donors (Lipinski definition) is 1. The quantitative estimate of drug-likeness (QED) is 0.493. The first-order valence-electron chi connectivity index (χ1n) is 10.3. The number of rotatable bonds is 6. The minimum Gasteiger partial charge on any atom is -0.368 e. The van der Waals surface area contributed by atoms with Gasteiger partial charge in [0.25, 0.3) is 5.91 Å². The first-order valence-corrected chi connectivity index (χ1v) is 12.1. The molecular weight excluding hydrogens is 488 g/mol. The van der Waals surface area contributed by atoms with Gasteiger partial charge in [0.1, 0.15) is 0 Å². The molecule has 0 spiro atoms. The number of thioether (sulfide) groups is 1. The molecule has 0 saturated carbocycles. The van der Waals surface area contributed by atoms with Gasteiger partial charge in [-0.05, 0) is 54.6 Å². The van der Waals surface area contributed by atoms with Gasteiger partial charge in [-0.15, -0.1) is 0 Å². The van der Waals surface area contributed by atoms with Crippen LogP contribution in [0.1, 0.15) is 10.4 Å². The summed E-state index contributed by atoms with van der Waals surface area (Å²) in [5.74, 6) is 0.313. The smallest absolute Gasteiger partial charge is 0.254 e. The molecule has 2 aromatic carbocycles. The van der Waals surface area contributed by atoms with Gasteiger partial charge in [-0.3, -0.25) is 9.59 Å². The van der Waals surface area contributed by atoms with Crippen LogP contribution in [-0.4, -0.2) is 53.6 Å². The number of nitrogens with zero attached hydrogens (tertiary/aromatic N) is 3. The van der Waals surface area contributed by atoms with E-state index in [4.69, 9.17) is 0 Å². The zero-order valence-electron chi connectivity index (χ0n) is 17.4. The number of anilines is 2. The van der Waals surface area contributed by atoms with Crippen molar-refractivity contribution in [2.45, 2.75) is 5.03 Å². The van der Waals surface area contributed by atoms with E-state index in [2.05, 4.69) is 31.1 Å². The highest BCUT2D eigenvalue weighted by Crippen LogP contribution is 2.21. The van der Waals surface area contributed by atoms with Crippen LogP contribution in [0.25, 0.3) is 0 Å². The highest BCUT2D eigenvalue weighted by molar-refractivity contribution is 9.10. The molecule has 0 radical (unpaired) electrons. The molecule has 2 heterocycles. The lowest BCUT2D eigenvalue weighted by Gasteiger charge is -2.36. The van der Waals surface area contributed by atoms with Gasteiger partial charge in [0.2, 0.25) is 5.91 Å². The molecule has 0 unspecified atom stereocenters. The Bertz CT molecular complexity index is 1070. The number of benzene rings is 2. The maximum atomic E-state index is 12.7. The van der Waals surface area contributed by atoms with Crippen LogP contribution in [0, 0.1) is 0 Å². The number of hydrogen-bond acceptors (Lipinski definition) is 5. The molecule has 4 rings (SSSR count). The fraction of sp³-hybridized carbons (Fsp3) is 0.208. The highest BCUT2D eigenvalue weighted by Gasteiger charge is 2.22. The second-order valence-electron chi connectivity index (χ2n) is 7.34. The zero-order valence-corrected chi connectivity index (χ0v) is 19.8. The Hall–Kier alpha value is -2.84. The molecule has 1 fully saturated rings. The van der Waals surface area contributed by atoms with Crippen LogP contribution >= 0.6 is 27.7 Å². The van der Waals surface area contributed by atoms with E-state index in [-0.39, 0.29) is 11.8 Å². The molecule has 1 aliphatic rings. The summed E-state index contributed by atoms with van der Waals surface area (Å²) in [7, 11) is 0. The predicted octanol–water partition coefficient (Wildman–Crippen LogP) is 4.54. The number of carbonyl (C=O) groups excluding carboxylic acids is 2. The minimum absolute atomic E-state index is 0.0620. The maximum absolute atomic E-state index is 12.7. The Labute approximate surface area is 200 Å². The van der Waals surface area contributed by atoms with Gasteiger partial charge in [-0.1, -0.05) is 39.8 Å². The SMILES string of the molecule is O=C(CSc1ccccn1)Nc1ccc(N2CCN(C(=O)c3cccc(Br)c3)CC2)cc1. The van der Waals surface area contributed by atoms with E-state index in [1.54, 1.807) is 6.20 Å². The van der Waals surface area contributed by atoms with Gasteiger partial charge in [0, 0.05) is 53.8 Å². The standard InChI is InChI=1S/C24H23BrN4O2S/c25-19-5-3-4-18(16-19)24(31)29-14-12-28(13-15-29)21-9-7-20(8-10-21)27-22(30)17-32-23-6-1-2-11-26-23/h1-11,16H,12-15,17H2,(H,27,30). The van der Waals surface area contributed by atoms with E-state index in [1.165, 1.54) is 11.8 Å². The molecule has 164 valence electrons. The van der Waals surface area contributed by atoms with Gasteiger partial charge < -0.3 is 15.1 Å². The van der Waals surface area contributed by atoms with Crippen LogP contribution in [-0.2, 0) is 4.79 Å². The van der Waals surface area contributed by atoms with E-state index >= 15 is 0 Å². The van der Waals surface area contributed by atoms with E-state index in [9.17, 15) is 9.59 Å². The van der Waals surface area contributed by atoms with Crippen molar-refractivity contribution >= 4 is 50.9 Å². The second-order valence-corrected chi connectivity index (χ2v) is 9.25. The van der Waals surface area contributed by atoms with Crippen LogP contribution < -0.4 is 10.2 Å². The zero-order chi connectivity index (χ0) is 22.3. The molecule has 1 N–H and O–H groups in total. The molecule has 3 aromatic rings. The van der Waals surface area contributed by atoms with Crippen molar-refractivity contribution in [3.63, 3.8) is 0 Å². The number of halogens is 1. The largest absolute Gasteiger partial charge is 0.368 e. The van der Waals surface area contributed by atoms with Crippen LogP contribution in [0.5, 0.6) is 0 Å². The minimum atomic E-state index is -0.0620. The Kier molecular flexibility index (Phi) is 7.44. The predicted molar refractivity (Wildman–Crippen MR) is 132 cm³/mol. The Morgan fingerprint density at radius 2 is 1.75 bits per heavy atom. The van der Waals surface area contributed by atoms with Crippen molar-refractivity contribution in [3.05, 3.63) is 83.0 Å². The van der Waals surface area contributed by atoms with E-state index < -0.39 is 0 Å². The molecular formula is C24H23BrN4O2S. The summed E-state index contributed by atoms with van der Waals surface area (Å²) in [4.78, 5) is 33.3. The molecule has 0 aliphatic carbocycles. The van der Waals surface area contributed by atoms with Crippen molar-refractivity contribution in [1.82, 2.24) is 9.88 Å². The lowest BCUT2D eigenvalue weighted by molar-refractivity contribution is -0.113. The number of pyridine rings is 1. The summed E-state index contributed by atoms with van der Waals surface area (Å²) in [5, 5.41) is 3.75. The average Bonchev–Trinajstić information content (AvgIpc) is 2.83. The monoisotopic (exact) mass is 510 g/mol. The molecule has 1 aromatic heterocycles. The van der Waals surface area contributed by atoms with Crippen molar-refractivity contribution < 1.29 is 9.59 Å². The maximum Gasteiger partial charge on any atom is 0.254 e. The Balaban J connectivity index is 1.26. The number of aromatic nitrogens is 1. The second kappa shape index (κ2) is 10.7. The molecule has 8 heteroatoms. The van der Waals surface area contributed by atoms with Crippen molar-refractivity contribution in [1.29, 1.82) is 0 Å². The third-order valence-electron chi connectivity index (χ3n) is 5.14. The Morgan fingerprint density at radius 3 is 2.44 bits per heavy atom. The third kappa shape index (κ3) is 5.89. The Morgan fingerprint density at radius 1 is 0.969 bits per heavy atom. The highest BCUT2D eigenvalue weighted by atomic mass is 79.9. The molecule has 2 amide bonds. The van der Waals surface area contributed by atoms with Crippen molar-refractivity contribution in [2.24, 2.45) is 0 Å². The average molecular weight is 511 g/mol. The first-order chi connectivity index (χ1) is 15.6. The molecule has 32 heavy (non-hydrogen) atoms. The number of carbonyl (C=O) groups is 2. The van der Waals surface area contributed by atoms with Gasteiger partial charge >= 0.3 is 0 Å². The van der Waals surface area contributed by atoms with Crippen molar-refractivity contribution in [2.75, 3.05) is 42.1 Å². The molecule has 1 saturated heterocycles. The summed E-state index contributed by atoms with van der Waals surface area (Å²) in [5.41, 5.74) is 2.55. The first kappa shape index (κ1) is 22.4. The van der Waals surface area contributed by atoms with Crippen LogP contribution in [0.4, 0.5) is 11.4 Å². The van der Waals surface area contributed by atoms with E-state index in [1.807, 2.05) is 71.6 Å². The topological polar surface area (TPSA) is 65.5 Å². The molecule has 6 nitrogen and oxygen atoms in total. The summed E-state index contributed by atoms with van der Waals surface area (Å²) >= 11 is 4.83. The van der Waals surface area contributed by atoms with Gasteiger partial charge in [0.15, 0.2) is 0 Å². The van der Waals surface area contributed by atoms with Gasteiger partial charge in [-0.2, -0.15) is 0 Å².